The lowest BCUT2D eigenvalue weighted by atomic mass is 9.91. The number of piperazine rings is 1. The molecule has 1 N–H and O–H groups in total. The SMILES string of the molecule is Cc1cc2nc(-c3ccnc(N4CCN(C)C(C)C4)n3)sc2c(-c2ccc(Cl)cc2)c1C(OC(C)C)C(=O)O. The largest absolute Gasteiger partial charge is 0.479 e. The molecular weight excluding hydrogens is 534 g/mol. The van der Waals surface area contributed by atoms with Gasteiger partial charge in [0.15, 0.2) is 6.10 Å². The maximum absolute atomic E-state index is 12.4. The van der Waals surface area contributed by atoms with Gasteiger partial charge < -0.3 is 19.6 Å². The number of rotatable bonds is 7. The van der Waals surface area contributed by atoms with Gasteiger partial charge in [0.2, 0.25) is 5.95 Å². The van der Waals surface area contributed by atoms with Gasteiger partial charge in [-0.1, -0.05) is 23.7 Å². The van der Waals surface area contributed by atoms with Crippen LogP contribution in [0.2, 0.25) is 5.02 Å². The Labute approximate surface area is 237 Å². The number of benzene rings is 2. The van der Waals surface area contributed by atoms with Crippen molar-refractivity contribution in [1.29, 1.82) is 0 Å². The van der Waals surface area contributed by atoms with Gasteiger partial charge in [-0.3, -0.25) is 0 Å². The van der Waals surface area contributed by atoms with E-state index in [0.29, 0.717) is 22.6 Å². The third-order valence-corrected chi connectivity index (χ3v) is 8.42. The van der Waals surface area contributed by atoms with Crippen LogP contribution in [0.25, 0.3) is 32.0 Å². The smallest absolute Gasteiger partial charge is 0.337 e. The molecule has 3 heterocycles. The average molecular weight is 566 g/mol. The van der Waals surface area contributed by atoms with Gasteiger partial charge in [-0.05, 0) is 70.1 Å². The van der Waals surface area contributed by atoms with Crippen LogP contribution >= 0.6 is 22.9 Å². The first kappa shape index (κ1) is 27.5. The number of hydrogen-bond donors (Lipinski definition) is 1. The Hall–Kier alpha value is -3.11. The Balaban J connectivity index is 1.66. The van der Waals surface area contributed by atoms with Gasteiger partial charge in [0.05, 0.1) is 16.3 Å². The van der Waals surface area contributed by atoms with Gasteiger partial charge >= 0.3 is 5.97 Å². The Bertz CT molecular complexity index is 1510. The molecule has 0 amide bonds. The van der Waals surface area contributed by atoms with Gasteiger partial charge in [-0.25, -0.2) is 19.7 Å². The number of aromatic nitrogens is 3. The van der Waals surface area contributed by atoms with Crippen molar-refractivity contribution in [2.75, 3.05) is 31.6 Å². The second-order valence-corrected chi connectivity index (χ2v) is 11.7. The van der Waals surface area contributed by atoms with Crippen LogP contribution in [0.1, 0.15) is 38.0 Å². The molecule has 10 heteroatoms. The lowest BCUT2D eigenvalue weighted by Crippen LogP contribution is -2.50. The Morgan fingerprint density at radius 1 is 1.18 bits per heavy atom. The molecule has 0 spiro atoms. The van der Waals surface area contributed by atoms with Crippen LogP contribution in [0, 0.1) is 6.92 Å². The number of halogens is 1. The summed E-state index contributed by atoms with van der Waals surface area (Å²) in [6, 6.07) is 11.7. The van der Waals surface area contributed by atoms with E-state index in [1.165, 1.54) is 11.3 Å². The predicted molar refractivity (Wildman–Crippen MR) is 157 cm³/mol. The lowest BCUT2D eigenvalue weighted by molar-refractivity contribution is -0.153. The number of anilines is 1. The fourth-order valence-corrected chi connectivity index (χ4v) is 6.15. The molecule has 1 saturated heterocycles. The molecular formula is C29H32ClN5O3S. The number of carboxylic acids is 1. The number of ether oxygens (including phenoxy) is 1. The zero-order valence-corrected chi connectivity index (χ0v) is 24.3. The summed E-state index contributed by atoms with van der Waals surface area (Å²) in [4.78, 5) is 31.4. The van der Waals surface area contributed by atoms with E-state index >= 15 is 0 Å². The van der Waals surface area contributed by atoms with Gasteiger partial charge in [0, 0.05) is 48.0 Å². The molecule has 2 aromatic heterocycles. The minimum Gasteiger partial charge on any atom is -0.479 e. The van der Waals surface area contributed by atoms with Crippen LogP contribution in [-0.4, -0.2) is 69.8 Å². The zero-order valence-electron chi connectivity index (χ0n) is 22.7. The van der Waals surface area contributed by atoms with Crippen molar-refractivity contribution in [2.45, 2.75) is 45.9 Å². The molecule has 4 aromatic rings. The maximum atomic E-state index is 12.4. The molecule has 1 aliphatic heterocycles. The molecule has 2 atom stereocenters. The molecule has 0 bridgehead atoms. The van der Waals surface area contributed by atoms with E-state index in [1.807, 2.05) is 57.2 Å². The van der Waals surface area contributed by atoms with E-state index in [-0.39, 0.29) is 6.10 Å². The molecule has 8 nitrogen and oxygen atoms in total. The van der Waals surface area contributed by atoms with E-state index in [2.05, 4.69) is 28.8 Å². The minimum atomic E-state index is -1.13. The fourth-order valence-electron chi connectivity index (χ4n) is 4.93. The molecule has 0 saturated carbocycles. The third kappa shape index (κ3) is 5.63. The number of thiazole rings is 1. The van der Waals surface area contributed by atoms with Crippen LogP contribution in [-0.2, 0) is 9.53 Å². The first-order chi connectivity index (χ1) is 18.6. The molecule has 2 aromatic carbocycles. The van der Waals surface area contributed by atoms with Crippen molar-refractivity contribution in [3.8, 4) is 21.8 Å². The summed E-state index contributed by atoms with van der Waals surface area (Å²) in [6.45, 7) is 10.5. The number of nitrogens with zero attached hydrogens (tertiary/aromatic N) is 5. The number of aryl methyl sites for hydroxylation is 1. The van der Waals surface area contributed by atoms with Crippen LogP contribution in [0.4, 0.5) is 5.95 Å². The molecule has 0 aliphatic carbocycles. The van der Waals surface area contributed by atoms with Crippen LogP contribution in [0.15, 0.2) is 42.6 Å². The molecule has 2 unspecified atom stereocenters. The second-order valence-electron chi connectivity index (χ2n) is 10.3. The van der Waals surface area contributed by atoms with E-state index in [0.717, 1.165) is 57.2 Å². The summed E-state index contributed by atoms with van der Waals surface area (Å²) in [7, 11) is 2.13. The Kier molecular flexibility index (Phi) is 7.87. The Morgan fingerprint density at radius 2 is 1.92 bits per heavy atom. The topological polar surface area (TPSA) is 91.7 Å². The standard InChI is InChI=1S/C29H32ClN5O3S/c1-16(2)38-25(28(36)37)23-17(3)14-22-26(24(23)19-6-8-20(30)9-7-19)39-27(32-22)21-10-11-31-29(33-21)35-13-12-34(5)18(4)15-35/h6-11,14,16,18,25H,12-13,15H2,1-5H3,(H,36,37). The molecule has 0 radical (unpaired) electrons. The number of fused-ring (bicyclic) bond motifs is 1. The molecule has 204 valence electrons. The van der Waals surface area contributed by atoms with Gasteiger partial charge in [0.25, 0.3) is 0 Å². The van der Waals surface area contributed by atoms with E-state index in [1.54, 1.807) is 6.20 Å². The number of hydrogen-bond acceptors (Lipinski definition) is 8. The summed E-state index contributed by atoms with van der Waals surface area (Å²) in [5, 5.41) is 11.5. The van der Waals surface area contributed by atoms with E-state index in [9.17, 15) is 9.90 Å². The third-order valence-electron chi connectivity index (χ3n) is 7.06. The highest BCUT2D eigenvalue weighted by Crippen LogP contribution is 2.43. The predicted octanol–water partition coefficient (Wildman–Crippen LogP) is 6.07. The number of carbonyl (C=O) groups is 1. The molecule has 1 fully saturated rings. The monoisotopic (exact) mass is 565 g/mol. The van der Waals surface area contributed by atoms with E-state index < -0.39 is 12.1 Å². The maximum Gasteiger partial charge on any atom is 0.337 e. The van der Waals surface area contributed by atoms with Crippen molar-refractivity contribution in [3.63, 3.8) is 0 Å². The van der Waals surface area contributed by atoms with Gasteiger partial charge in [-0.2, -0.15) is 0 Å². The second kappa shape index (κ2) is 11.2. The van der Waals surface area contributed by atoms with E-state index in [4.69, 9.17) is 26.3 Å². The first-order valence-corrected chi connectivity index (χ1v) is 14.2. The van der Waals surface area contributed by atoms with Crippen LogP contribution in [0.5, 0.6) is 0 Å². The van der Waals surface area contributed by atoms with Crippen LogP contribution < -0.4 is 4.90 Å². The summed E-state index contributed by atoms with van der Waals surface area (Å²) in [5.74, 6) is -0.342. The van der Waals surface area contributed by atoms with Gasteiger partial charge in [0.1, 0.15) is 10.7 Å². The zero-order chi connectivity index (χ0) is 27.8. The van der Waals surface area contributed by atoms with Crippen molar-refractivity contribution in [2.24, 2.45) is 0 Å². The molecule has 5 rings (SSSR count). The quantitative estimate of drug-likeness (QED) is 0.288. The summed E-state index contributed by atoms with van der Waals surface area (Å²) < 4.78 is 6.81. The number of carboxylic acid groups (broad SMARTS) is 1. The average Bonchev–Trinajstić information content (AvgIpc) is 3.32. The van der Waals surface area contributed by atoms with Crippen molar-refractivity contribution in [3.05, 3.63) is 58.7 Å². The van der Waals surface area contributed by atoms with Gasteiger partial charge in [-0.15, -0.1) is 11.3 Å². The summed E-state index contributed by atoms with van der Waals surface area (Å²) in [5.41, 5.74) is 4.58. The number of likely N-dealkylation sites (N-methyl/N-ethyl adjacent to an activating group) is 1. The van der Waals surface area contributed by atoms with Crippen molar-refractivity contribution in [1.82, 2.24) is 19.9 Å². The Morgan fingerprint density at radius 3 is 2.59 bits per heavy atom. The fraction of sp³-hybridized carbons (Fsp3) is 0.379. The van der Waals surface area contributed by atoms with Crippen LogP contribution in [0.3, 0.4) is 0 Å². The highest BCUT2D eigenvalue weighted by atomic mass is 35.5. The summed E-state index contributed by atoms with van der Waals surface area (Å²) in [6.07, 6.45) is 0.379. The lowest BCUT2D eigenvalue weighted by Gasteiger charge is -2.37. The normalized spacial score (nSPS) is 17.2. The van der Waals surface area contributed by atoms with Crippen molar-refractivity contribution < 1.29 is 14.6 Å². The summed E-state index contributed by atoms with van der Waals surface area (Å²) >= 11 is 7.69. The highest BCUT2D eigenvalue weighted by Gasteiger charge is 2.30. The minimum absolute atomic E-state index is 0.270. The first-order valence-electron chi connectivity index (χ1n) is 13.0. The highest BCUT2D eigenvalue weighted by molar-refractivity contribution is 7.22. The molecule has 1 aliphatic rings. The van der Waals surface area contributed by atoms with Crippen molar-refractivity contribution >= 4 is 45.1 Å². The number of aliphatic carboxylic acids is 1. The molecule has 39 heavy (non-hydrogen) atoms.